The van der Waals surface area contributed by atoms with E-state index in [2.05, 4.69) is 30.1 Å². The third-order valence-electron chi connectivity index (χ3n) is 3.82. The highest BCUT2D eigenvalue weighted by Crippen LogP contribution is 2.29. The standard InChI is InChI=1S/C16H28N2O2/c1-4-7-17-11-16-10-14(13(2)20-16)12-18(8-9-19-3)15-5-6-15/h10,15,17H,4-9,11-12H2,1-3H3. The molecule has 0 amide bonds. The van der Waals surface area contributed by atoms with E-state index in [0.29, 0.717) is 0 Å². The summed E-state index contributed by atoms with van der Waals surface area (Å²) in [6.07, 6.45) is 3.80. The molecule has 114 valence electrons. The van der Waals surface area contributed by atoms with Crippen LogP contribution in [0.2, 0.25) is 0 Å². The average Bonchev–Trinajstić information content (AvgIpc) is 3.21. The van der Waals surface area contributed by atoms with Crippen LogP contribution in [0.25, 0.3) is 0 Å². The van der Waals surface area contributed by atoms with E-state index in [-0.39, 0.29) is 0 Å². The third-order valence-corrected chi connectivity index (χ3v) is 3.82. The lowest BCUT2D eigenvalue weighted by Crippen LogP contribution is -2.29. The zero-order chi connectivity index (χ0) is 14.4. The first kappa shape index (κ1) is 15.5. The number of nitrogens with one attached hydrogen (secondary N) is 1. The zero-order valence-corrected chi connectivity index (χ0v) is 13.1. The quantitative estimate of drug-likeness (QED) is 0.669. The second kappa shape index (κ2) is 7.81. The van der Waals surface area contributed by atoms with Gasteiger partial charge in [-0.2, -0.15) is 0 Å². The van der Waals surface area contributed by atoms with Crippen molar-refractivity contribution in [2.45, 2.75) is 52.2 Å². The largest absolute Gasteiger partial charge is 0.465 e. The van der Waals surface area contributed by atoms with Crippen LogP contribution in [0.4, 0.5) is 0 Å². The molecule has 0 saturated heterocycles. The maximum absolute atomic E-state index is 5.85. The Labute approximate surface area is 122 Å². The van der Waals surface area contributed by atoms with Crippen LogP contribution < -0.4 is 5.32 Å². The predicted octanol–water partition coefficient (Wildman–Crippen LogP) is 2.70. The van der Waals surface area contributed by atoms with E-state index in [0.717, 1.165) is 56.8 Å². The van der Waals surface area contributed by atoms with Gasteiger partial charge in [-0.1, -0.05) is 6.92 Å². The highest BCUT2D eigenvalue weighted by molar-refractivity contribution is 5.21. The summed E-state index contributed by atoms with van der Waals surface area (Å²) in [5.41, 5.74) is 1.32. The van der Waals surface area contributed by atoms with E-state index in [4.69, 9.17) is 9.15 Å². The molecule has 1 aliphatic carbocycles. The van der Waals surface area contributed by atoms with Crippen molar-refractivity contribution in [2.75, 3.05) is 26.8 Å². The summed E-state index contributed by atoms with van der Waals surface area (Å²) >= 11 is 0. The van der Waals surface area contributed by atoms with E-state index >= 15 is 0 Å². The molecule has 0 bridgehead atoms. The minimum absolute atomic E-state index is 0.751. The van der Waals surface area contributed by atoms with Gasteiger partial charge >= 0.3 is 0 Å². The minimum atomic E-state index is 0.751. The molecule has 1 fully saturated rings. The van der Waals surface area contributed by atoms with Crippen molar-refractivity contribution < 1.29 is 9.15 Å². The number of rotatable bonds is 10. The Morgan fingerprint density at radius 3 is 2.90 bits per heavy atom. The molecule has 1 aromatic rings. The number of ether oxygens (including phenoxy) is 1. The summed E-state index contributed by atoms with van der Waals surface area (Å²) in [4.78, 5) is 2.52. The summed E-state index contributed by atoms with van der Waals surface area (Å²) in [5, 5.41) is 3.39. The summed E-state index contributed by atoms with van der Waals surface area (Å²) in [5.74, 6) is 2.11. The number of methoxy groups -OCH3 is 1. The lowest BCUT2D eigenvalue weighted by molar-refractivity contribution is 0.139. The van der Waals surface area contributed by atoms with Crippen LogP contribution >= 0.6 is 0 Å². The first-order valence-electron chi connectivity index (χ1n) is 7.76. The first-order chi connectivity index (χ1) is 9.74. The number of nitrogens with zero attached hydrogens (tertiary/aromatic N) is 1. The molecular weight excluding hydrogens is 252 g/mol. The fraction of sp³-hybridized carbons (Fsp3) is 0.750. The van der Waals surface area contributed by atoms with Gasteiger partial charge in [-0.05, 0) is 38.8 Å². The van der Waals surface area contributed by atoms with Gasteiger partial charge in [0.05, 0.1) is 13.2 Å². The van der Waals surface area contributed by atoms with Gasteiger partial charge in [0.15, 0.2) is 0 Å². The molecule has 4 heteroatoms. The van der Waals surface area contributed by atoms with Gasteiger partial charge in [-0.25, -0.2) is 0 Å². The molecule has 0 aliphatic heterocycles. The zero-order valence-electron chi connectivity index (χ0n) is 13.1. The van der Waals surface area contributed by atoms with Crippen molar-refractivity contribution >= 4 is 0 Å². The Kier molecular flexibility index (Phi) is 6.07. The van der Waals surface area contributed by atoms with Crippen molar-refractivity contribution in [2.24, 2.45) is 0 Å². The molecule has 20 heavy (non-hydrogen) atoms. The van der Waals surface area contributed by atoms with E-state index in [1.165, 1.54) is 18.4 Å². The fourth-order valence-electron chi connectivity index (χ4n) is 2.48. The smallest absolute Gasteiger partial charge is 0.118 e. The highest BCUT2D eigenvalue weighted by atomic mass is 16.5. The molecule has 1 heterocycles. The molecule has 1 saturated carbocycles. The molecule has 1 aromatic heterocycles. The first-order valence-corrected chi connectivity index (χ1v) is 7.76. The third kappa shape index (κ3) is 4.62. The number of hydrogen-bond acceptors (Lipinski definition) is 4. The predicted molar refractivity (Wildman–Crippen MR) is 80.8 cm³/mol. The fourth-order valence-corrected chi connectivity index (χ4v) is 2.48. The van der Waals surface area contributed by atoms with Crippen molar-refractivity contribution in [3.8, 4) is 0 Å². The minimum Gasteiger partial charge on any atom is -0.465 e. The number of aryl methyl sites for hydroxylation is 1. The van der Waals surface area contributed by atoms with Gasteiger partial charge in [0.1, 0.15) is 11.5 Å². The average molecular weight is 280 g/mol. The lowest BCUT2D eigenvalue weighted by Gasteiger charge is -2.21. The van der Waals surface area contributed by atoms with E-state index in [9.17, 15) is 0 Å². The Bertz CT molecular complexity index is 399. The number of furan rings is 1. The normalized spacial score (nSPS) is 15.2. The van der Waals surface area contributed by atoms with Crippen LogP contribution in [-0.4, -0.2) is 37.7 Å². The summed E-state index contributed by atoms with van der Waals surface area (Å²) < 4.78 is 11.1. The topological polar surface area (TPSA) is 37.6 Å². The summed E-state index contributed by atoms with van der Waals surface area (Å²) in [6, 6.07) is 2.96. The van der Waals surface area contributed by atoms with Gasteiger partial charge in [-0.3, -0.25) is 4.90 Å². The molecule has 0 atom stereocenters. The Morgan fingerprint density at radius 1 is 1.45 bits per heavy atom. The van der Waals surface area contributed by atoms with Crippen LogP contribution in [0.3, 0.4) is 0 Å². The Morgan fingerprint density at radius 2 is 2.25 bits per heavy atom. The molecule has 4 nitrogen and oxygen atoms in total. The second-order valence-electron chi connectivity index (χ2n) is 5.67. The van der Waals surface area contributed by atoms with Gasteiger partial charge < -0.3 is 14.5 Å². The molecule has 0 spiro atoms. The van der Waals surface area contributed by atoms with Crippen LogP contribution in [0.1, 0.15) is 43.3 Å². The van der Waals surface area contributed by atoms with Crippen molar-refractivity contribution in [1.82, 2.24) is 10.2 Å². The molecule has 2 rings (SSSR count). The van der Waals surface area contributed by atoms with Crippen molar-refractivity contribution in [3.63, 3.8) is 0 Å². The van der Waals surface area contributed by atoms with Gasteiger partial charge in [0.2, 0.25) is 0 Å². The van der Waals surface area contributed by atoms with Crippen LogP contribution in [0, 0.1) is 6.92 Å². The molecule has 1 aliphatic rings. The monoisotopic (exact) mass is 280 g/mol. The van der Waals surface area contributed by atoms with Crippen molar-refractivity contribution in [3.05, 3.63) is 23.2 Å². The molecular formula is C16H28N2O2. The van der Waals surface area contributed by atoms with Gasteiger partial charge in [-0.15, -0.1) is 0 Å². The van der Waals surface area contributed by atoms with Crippen LogP contribution in [-0.2, 0) is 17.8 Å². The number of hydrogen-bond donors (Lipinski definition) is 1. The lowest BCUT2D eigenvalue weighted by atomic mass is 10.2. The van der Waals surface area contributed by atoms with E-state index in [1.54, 1.807) is 7.11 Å². The van der Waals surface area contributed by atoms with Crippen molar-refractivity contribution in [1.29, 1.82) is 0 Å². The van der Waals surface area contributed by atoms with Crippen LogP contribution in [0.15, 0.2) is 10.5 Å². The Balaban J connectivity index is 1.89. The van der Waals surface area contributed by atoms with E-state index in [1.807, 2.05) is 0 Å². The highest BCUT2D eigenvalue weighted by Gasteiger charge is 2.29. The van der Waals surface area contributed by atoms with E-state index < -0.39 is 0 Å². The summed E-state index contributed by atoms with van der Waals surface area (Å²) in [7, 11) is 1.77. The SMILES string of the molecule is CCCNCc1cc(CN(CCOC)C2CC2)c(C)o1. The molecule has 0 radical (unpaired) electrons. The van der Waals surface area contributed by atoms with Crippen LogP contribution in [0.5, 0.6) is 0 Å². The summed E-state index contributed by atoms with van der Waals surface area (Å²) in [6.45, 7) is 8.91. The molecule has 1 N–H and O–H groups in total. The maximum atomic E-state index is 5.85. The van der Waals surface area contributed by atoms with Gasteiger partial charge in [0, 0.05) is 31.8 Å². The van der Waals surface area contributed by atoms with Gasteiger partial charge in [0.25, 0.3) is 0 Å². The maximum Gasteiger partial charge on any atom is 0.118 e. The second-order valence-corrected chi connectivity index (χ2v) is 5.67. The molecule has 0 unspecified atom stereocenters. The Hall–Kier alpha value is -0.840. The molecule has 0 aromatic carbocycles.